The van der Waals surface area contributed by atoms with E-state index in [4.69, 9.17) is 4.74 Å². The van der Waals surface area contributed by atoms with E-state index in [-0.39, 0.29) is 5.56 Å². The normalized spacial score (nSPS) is 11.3. The van der Waals surface area contributed by atoms with Crippen LogP contribution >= 0.6 is 0 Å². The number of ether oxygens (including phenoxy) is 1. The maximum absolute atomic E-state index is 13.4. The van der Waals surface area contributed by atoms with Crippen molar-refractivity contribution < 1.29 is 4.74 Å². The Morgan fingerprint density at radius 3 is 1.73 bits per heavy atom. The van der Waals surface area contributed by atoms with Crippen LogP contribution in [-0.4, -0.2) is 12.1 Å². The molecule has 3 nitrogen and oxygen atoms in total. The van der Waals surface area contributed by atoms with E-state index in [0.717, 1.165) is 50.0 Å². The molecular weight excluding hydrogens is 406 g/mol. The fraction of sp³-hybridized carbons (Fsp3) is 0.0333. The summed E-state index contributed by atoms with van der Waals surface area (Å²) < 4.78 is 5.36. The predicted octanol–water partition coefficient (Wildman–Crippen LogP) is 7.13. The Balaban J connectivity index is 1.86. The van der Waals surface area contributed by atoms with E-state index in [1.807, 2.05) is 48.5 Å². The first-order valence-electron chi connectivity index (χ1n) is 11.0. The number of methoxy groups -OCH3 is 1. The van der Waals surface area contributed by atoms with Crippen LogP contribution in [0.15, 0.2) is 108 Å². The van der Waals surface area contributed by atoms with Gasteiger partial charge in [0.05, 0.1) is 12.8 Å². The van der Waals surface area contributed by atoms with Gasteiger partial charge in [-0.15, -0.1) is 0 Å². The molecule has 1 heterocycles. The molecule has 4 aromatic carbocycles. The number of benzene rings is 4. The van der Waals surface area contributed by atoms with E-state index < -0.39 is 0 Å². The Morgan fingerprint density at radius 2 is 1.09 bits per heavy atom. The molecule has 0 fully saturated rings. The zero-order valence-corrected chi connectivity index (χ0v) is 18.1. The molecule has 0 amide bonds. The minimum Gasteiger partial charge on any atom is -0.497 e. The summed E-state index contributed by atoms with van der Waals surface area (Å²) in [6.45, 7) is 0. The fourth-order valence-electron chi connectivity index (χ4n) is 4.86. The molecule has 3 heteroatoms. The molecule has 6 rings (SSSR count). The van der Waals surface area contributed by atoms with Gasteiger partial charge in [0.2, 0.25) is 0 Å². The van der Waals surface area contributed by atoms with Crippen LogP contribution in [0.1, 0.15) is 0 Å². The minimum absolute atomic E-state index is 0.101. The Labute approximate surface area is 191 Å². The zero-order chi connectivity index (χ0) is 22.4. The fourth-order valence-corrected chi connectivity index (χ4v) is 4.86. The van der Waals surface area contributed by atoms with Crippen LogP contribution in [0, 0.1) is 0 Å². The van der Waals surface area contributed by atoms with Crippen molar-refractivity contribution in [3.63, 3.8) is 0 Å². The summed E-state index contributed by atoms with van der Waals surface area (Å²) in [4.78, 5) is 16.6. The predicted molar refractivity (Wildman–Crippen MR) is 136 cm³/mol. The average Bonchev–Trinajstić information content (AvgIpc) is 3.16. The number of aromatic nitrogens is 1. The molecule has 1 aliphatic carbocycles. The van der Waals surface area contributed by atoms with Gasteiger partial charge in [-0.25, -0.2) is 0 Å². The van der Waals surface area contributed by atoms with E-state index in [2.05, 4.69) is 59.6 Å². The van der Waals surface area contributed by atoms with Gasteiger partial charge in [-0.05, 0) is 63.2 Å². The molecule has 0 saturated carbocycles. The van der Waals surface area contributed by atoms with E-state index in [0.29, 0.717) is 5.39 Å². The highest BCUT2D eigenvalue weighted by atomic mass is 16.5. The molecule has 0 atom stereocenters. The van der Waals surface area contributed by atoms with Gasteiger partial charge in [0.1, 0.15) is 5.75 Å². The van der Waals surface area contributed by atoms with Gasteiger partial charge in [0.15, 0.2) is 0 Å². The molecule has 1 aliphatic heterocycles. The van der Waals surface area contributed by atoms with Crippen molar-refractivity contribution in [3.8, 4) is 39.3 Å². The van der Waals surface area contributed by atoms with Crippen LogP contribution in [0.5, 0.6) is 5.75 Å². The van der Waals surface area contributed by atoms with Crippen LogP contribution in [0.2, 0.25) is 0 Å². The maximum atomic E-state index is 13.4. The Bertz CT molecular complexity index is 1650. The van der Waals surface area contributed by atoms with Gasteiger partial charge >= 0.3 is 0 Å². The lowest BCUT2D eigenvalue weighted by molar-refractivity contribution is 0.415. The number of nitrogens with one attached hydrogen (secondary N) is 1. The Kier molecular flexibility index (Phi) is 4.48. The lowest BCUT2D eigenvalue weighted by Gasteiger charge is -2.09. The molecule has 0 aromatic heterocycles. The van der Waals surface area contributed by atoms with Crippen LogP contribution < -0.4 is 10.3 Å². The Hall–Kier alpha value is -4.37. The summed E-state index contributed by atoms with van der Waals surface area (Å²) in [7, 11) is 1.65. The smallest absolute Gasteiger partial charge is 0.256 e. The second-order valence-electron chi connectivity index (χ2n) is 8.14. The minimum atomic E-state index is -0.101. The zero-order valence-electron chi connectivity index (χ0n) is 18.1. The monoisotopic (exact) mass is 427 g/mol. The molecule has 0 unspecified atom stereocenters. The summed E-state index contributed by atoms with van der Waals surface area (Å²) >= 11 is 0. The first-order chi connectivity index (χ1) is 16.3. The highest BCUT2D eigenvalue weighted by Gasteiger charge is 2.25. The number of rotatable bonds is 3. The summed E-state index contributed by atoms with van der Waals surface area (Å²) in [5.41, 5.74) is 6.07. The van der Waals surface area contributed by atoms with E-state index >= 15 is 0 Å². The number of aromatic amines is 1. The summed E-state index contributed by atoms with van der Waals surface area (Å²) in [5.74, 6) is 0.778. The van der Waals surface area contributed by atoms with E-state index in [1.165, 1.54) is 5.39 Å². The highest BCUT2D eigenvalue weighted by Crippen LogP contribution is 2.50. The van der Waals surface area contributed by atoms with Crippen LogP contribution in [0.4, 0.5) is 0 Å². The lowest BCUT2D eigenvalue weighted by atomic mass is 9.94. The van der Waals surface area contributed by atoms with Gasteiger partial charge < -0.3 is 9.72 Å². The molecule has 0 spiro atoms. The lowest BCUT2D eigenvalue weighted by Crippen LogP contribution is -2.03. The molecule has 0 bridgehead atoms. The highest BCUT2D eigenvalue weighted by molar-refractivity contribution is 6.23. The van der Waals surface area contributed by atoms with Crippen molar-refractivity contribution in [2.75, 3.05) is 7.11 Å². The standard InChI is InChI=1S/C30H21NO2/c1-33-21-17-15-20(16-18-21)29-28-23-12-6-5-11-22(23)26(19-9-3-2-4-10-19)27(28)24-13-7-8-14-25(24)30(32)31-29/h2-18H,1H3,(H,31,32). The SMILES string of the molecule is COc1ccc(-c2[nH]c(=O)c3ccccc3c3c(-c4ccccc4)c4ccccc4c2-3)cc1. The van der Waals surface area contributed by atoms with Crippen molar-refractivity contribution >= 4 is 21.5 Å². The van der Waals surface area contributed by atoms with Gasteiger partial charge in [0, 0.05) is 16.5 Å². The van der Waals surface area contributed by atoms with Crippen molar-refractivity contribution in [2.45, 2.75) is 0 Å². The first-order valence-corrected chi connectivity index (χ1v) is 11.0. The Morgan fingerprint density at radius 1 is 0.545 bits per heavy atom. The number of hydrogen-bond donors (Lipinski definition) is 1. The largest absolute Gasteiger partial charge is 0.497 e. The molecular formula is C30H21NO2. The van der Waals surface area contributed by atoms with Gasteiger partial charge in [-0.2, -0.15) is 0 Å². The van der Waals surface area contributed by atoms with E-state index in [1.54, 1.807) is 7.11 Å². The van der Waals surface area contributed by atoms with Gasteiger partial charge in [-0.3, -0.25) is 4.79 Å². The quantitative estimate of drug-likeness (QED) is 0.326. The number of fused-ring (bicyclic) bond motifs is 5. The molecule has 158 valence electrons. The maximum Gasteiger partial charge on any atom is 0.256 e. The van der Waals surface area contributed by atoms with Crippen LogP contribution in [0.3, 0.4) is 0 Å². The molecule has 2 aliphatic rings. The molecule has 0 saturated heterocycles. The summed E-state index contributed by atoms with van der Waals surface area (Å²) in [6, 6.07) is 34.6. The first kappa shape index (κ1) is 19.3. The molecule has 1 N–H and O–H groups in total. The molecule has 4 aromatic rings. The van der Waals surface area contributed by atoms with Gasteiger partial charge in [-0.1, -0.05) is 72.8 Å². The summed E-state index contributed by atoms with van der Waals surface area (Å²) in [5, 5.41) is 3.91. The van der Waals surface area contributed by atoms with Crippen LogP contribution in [-0.2, 0) is 0 Å². The van der Waals surface area contributed by atoms with Crippen molar-refractivity contribution in [3.05, 3.63) is 113 Å². The number of hydrogen-bond acceptors (Lipinski definition) is 2. The third-order valence-corrected chi connectivity index (χ3v) is 6.34. The van der Waals surface area contributed by atoms with Crippen molar-refractivity contribution in [1.82, 2.24) is 4.98 Å². The molecule has 33 heavy (non-hydrogen) atoms. The van der Waals surface area contributed by atoms with E-state index in [9.17, 15) is 4.79 Å². The van der Waals surface area contributed by atoms with Gasteiger partial charge in [0.25, 0.3) is 5.56 Å². The average molecular weight is 428 g/mol. The number of H-pyrrole nitrogens is 1. The molecule has 0 radical (unpaired) electrons. The second kappa shape index (κ2) is 7.64. The van der Waals surface area contributed by atoms with Crippen molar-refractivity contribution in [1.29, 1.82) is 0 Å². The third kappa shape index (κ3) is 3.01. The second-order valence-corrected chi connectivity index (χ2v) is 8.14. The van der Waals surface area contributed by atoms with Crippen LogP contribution in [0.25, 0.3) is 55.1 Å². The third-order valence-electron chi connectivity index (χ3n) is 6.34. The summed E-state index contributed by atoms with van der Waals surface area (Å²) in [6.07, 6.45) is 0. The topological polar surface area (TPSA) is 42.1 Å². The van der Waals surface area contributed by atoms with Crippen molar-refractivity contribution in [2.24, 2.45) is 0 Å².